The number of anilines is 3. The number of nitrogens with zero attached hydrogens (tertiary/aromatic N) is 21. The number of ketones is 1. The number of nitriles is 3. The number of aliphatic hydroxyl groups is 3. The van der Waals surface area contributed by atoms with Crippen LogP contribution in [-0.4, -0.2) is 239 Å². The predicted octanol–water partition coefficient (Wildman–Crippen LogP) is 11.7. The van der Waals surface area contributed by atoms with Gasteiger partial charge in [-0.25, -0.2) is 43.5 Å². The van der Waals surface area contributed by atoms with Crippen molar-refractivity contribution in [3.05, 3.63) is 227 Å². The average molecular weight is 1930 g/mol. The molecule has 704 valence electrons. The molecular weight excluding hydrogens is 1830 g/mol. The van der Waals surface area contributed by atoms with E-state index in [2.05, 4.69) is 153 Å². The highest BCUT2D eigenvalue weighted by atomic mass is 79.9. The fraction of sp³-hybridized carbons (Fsp3) is 0.392. The minimum Gasteiger partial charge on any atom is -0.481 e. The van der Waals surface area contributed by atoms with E-state index in [4.69, 9.17) is 29.2 Å². The summed E-state index contributed by atoms with van der Waals surface area (Å²) in [6.45, 7) is 13.5. The Morgan fingerprint density at radius 2 is 0.846 bits per heavy atom. The fourth-order valence-electron chi connectivity index (χ4n) is 19.2. The predicted molar refractivity (Wildman–Crippen MR) is 504 cm³/mol. The van der Waals surface area contributed by atoms with Crippen molar-refractivity contribution in [1.29, 1.82) is 15.8 Å². The van der Waals surface area contributed by atoms with E-state index in [1.54, 1.807) is 61.9 Å². The Morgan fingerprint density at radius 3 is 1.18 bits per heavy atom. The second kappa shape index (κ2) is 39.5. The summed E-state index contributed by atoms with van der Waals surface area (Å²) in [6.07, 6.45) is 33.0. The molecule has 9 saturated heterocycles. The van der Waals surface area contributed by atoms with Gasteiger partial charge in [-0.3, -0.25) is 19.5 Å². The third kappa shape index (κ3) is 21.1. The van der Waals surface area contributed by atoms with Crippen molar-refractivity contribution in [2.24, 2.45) is 0 Å². The van der Waals surface area contributed by atoms with Crippen molar-refractivity contribution in [1.82, 2.24) is 73.4 Å². The zero-order valence-corrected chi connectivity index (χ0v) is 78.1. The first-order chi connectivity index (χ1) is 65.2. The monoisotopic (exact) mass is 1930 g/mol. The van der Waals surface area contributed by atoms with Crippen molar-refractivity contribution in [3.8, 4) is 69.2 Å². The number of carbonyl (C=O) groups is 1. The standard InChI is InChI=1S/C32H33N7O2.C25H24BN7O3.C25H22BrN7O.C8H11F3O4S.C7H12O2/c1-32(40)9-7-22(8-10-32)24-11-28(31-25(13-33)16-36-39(31)18-24)23-4-5-29(34-15-23)37-19-26-12-27(20-37)38(26)17-21-3-6-30(41-2)35-14-21;1-36-24-5-2-16(9-29-24)12-32-20-7-21(32)15-31(14-20)23-4-3-17(10-28-23)22-6-19(26(34)35)13-33-25(22)18(8-27)11-30-33;1-34-24-5-2-16(9-29-24)12-32-20-7-21(32)15-31(14-20)23-4-3-17(10-28-23)22-6-19(26)13-33-25(22)18(8-27)11-30-33;1-7(12)4-2-6(3-5-7)15-16(13,14)8(9,10)11;1-7(9)4-2-6(8)3-5-7/h3-7,11,14-16,18,26-27,40H,8-10,12,17,19-20H2,1-2H3;2-6,9-11,13,20-21,34-35H,7,12,14-15H2,1H3;2-6,9-11,13,20-21H,7,12,14-15H2,1H3;2,12H,3-5H2,1H3;9H,2-5H2,1H3. The van der Waals surface area contributed by atoms with E-state index >= 15 is 0 Å². The summed E-state index contributed by atoms with van der Waals surface area (Å²) in [5.74, 6) is 4.81. The summed E-state index contributed by atoms with van der Waals surface area (Å²) in [7, 11) is -2.34. The lowest BCUT2D eigenvalue weighted by Crippen LogP contribution is -2.68. The highest BCUT2D eigenvalue weighted by Gasteiger charge is 2.50. The maximum atomic E-state index is 12.0. The van der Waals surface area contributed by atoms with Gasteiger partial charge in [-0.15, -0.1) is 0 Å². The number of ether oxygens (including phenoxy) is 3. The summed E-state index contributed by atoms with van der Waals surface area (Å²) in [4.78, 5) is 52.8. The van der Waals surface area contributed by atoms with Crippen LogP contribution in [0.3, 0.4) is 0 Å². The summed E-state index contributed by atoms with van der Waals surface area (Å²) >= 11 is 3.55. The zero-order chi connectivity index (χ0) is 95.7. The van der Waals surface area contributed by atoms with Gasteiger partial charge in [0.05, 0.1) is 90.0 Å². The smallest absolute Gasteiger partial charge is 0.481 e. The highest BCUT2D eigenvalue weighted by molar-refractivity contribution is 9.10. The number of carbonyl (C=O) groups excluding carboxylic acids is 1. The lowest BCUT2D eigenvalue weighted by molar-refractivity contribution is -0.124. The largest absolute Gasteiger partial charge is 0.534 e. The summed E-state index contributed by atoms with van der Waals surface area (Å²) in [5, 5.41) is 90.4. The number of Topliss-reactive ketones (excluding diaryl/α,β-unsaturated/α-hetero) is 1. The molecule has 3 aliphatic carbocycles. The van der Waals surface area contributed by atoms with Crippen LogP contribution >= 0.6 is 15.9 Å². The molecule has 8 atom stereocenters. The molecule has 12 aromatic heterocycles. The van der Waals surface area contributed by atoms with Crippen molar-refractivity contribution in [3.63, 3.8) is 0 Å². The van der Waals surface area contributed by atoms with Crippen molar-refractivity contribution < 1.29 is 70.1 Å². The number of pyridine rings is 9. The average Bonchev–Trinajstić information content (AvgIpc) is 1.41. The molecule has 0 aromatic carbocycles. The number of allylic oxidation sites excluding steroid dienone is 2. The fourth-order valence-corrected chi connectivity index (χ4v) is 20.1. The molecule has 0 spiro atoms. The zero-order valence-electron chi connectivity index (χ0n) is 75.7. The van der Waals surface area contributed by atoms with Gasteiger partial charge >= 0.3 is 22.7 Å². The second-order valence-electron chi connectivity index (χ2n) is 36.7. The Hall–Kier alpha value is -12.8. The molecule has 0 amide bonds. The van der Waals surface area contributed by atoms with Gasteiger partial charge in [0.15, 0.2) is 0 Å². The van der Waals surface area contributed by atoms with Crippen LogP contribution in [0.15, 0.2) is 188 Å². The molecule has 0 radical (unpaired) electrons. The molecule has 12 aromatic rings. The van der Waals surface area contributed by atoms with E-state index in [1.165, 1.54) is 65.4 Å². The molecule has 136 heavy (non-hydrogen) atoms. The Kier molecular flexibility index (Phi) is 27.5. The number of alkyl halides is 3. The SMILES string of the molecule is CC1(O)CC=C(OS(=O)(=O)C(F)(F)F)CC1.CC1(O)CCC(=O)CC1.COc1ccc(CN2C3CC2CN(c2ccc(-c4cc(B(O)O)cn5ncc(C#N)c45)cn2)C3)cn1.COc1ccc(CN2C3CC2CN(c2ccc(-c4cc(Br)cn5ncc(C#N)c45)cn2)C3)cn1.COc1ccc(CN2C3CC2CN(c2ccc(-c4cc(C5=CCC(C)(O)CC5)cn5ncc(C#N)c45)cn2)C3)cn1. The molecule has 5 N–H and O–H groups in total. The first-order valence-corrected chi connectivity index (χ1v) is 47.1. The van der Waals surface area contributed by atoms with E-state index < -0.39 is 39.5 Å². The van der Waals surface area contributed by atoms with Gasteiger partial charge < -0.3 is 58.5 Å². The van der Waals surface area contributed by atoms with Crippen molar-refractivity contribution in [2.75, 3.05) is 75.3 Å². The van der Waals surface area contributed by atoms with E-state index in [0.29, 0.717) is 120 Å². The van der Waals surface area contributed by atoms with Crippen LogP contribution < -0.4 is 34.4 Å². The van der Waals surface area contributed by atoms with E-state index in [1.807, 2.05) is 86.7 Å². The number of rotatable bonds is 19. The molecular formula is C97H102BBrF3N21O12S. The van der Waals surface area contributed by atoms with E-state index in [-0.39, 0.29) is 30.5 Å². The van der Waals surface area contributed by atoms with Crippen LogP contribution in [0.1, 0.15) is 143 Å². The lowest BCUT2D eigenvalue weighted by atomic mass is 9.80. The van der Waals surface area contributed by atoms with Crippen LogP contribution in [-0.2, 0) is 38.7 Å². The maximum Gasteiger partial charge on any atom is 0.534 e. The van der Waals surface area contributed by atoms with Gasteiger partial charge in [0, 0.05) is 232 Å². The van der Waals surface area contributed by atoms with Gasteiger partial charge in [-0.05, 0) is 183 Å². The molecule has 33 nitrogen and oxygen atoms in total. The Labute approximate surface area is 792 Å². The number of fused-ring (bicyclic) bond motifs is 9. The van der Waals surface area contributed by atoms with Crippen LogP contribution in [0.2, 0.25) is 0 Å². The molecule has 12 aliphatic rings. The van der Waals surface area contributed by atoms with Crippen LogP contribution in [0, 0.1) is 34.0 Å². The molecule has 8 unspecified atom stereocenters. The van der Waals surface area contributed by atoms with Gasteiger partial charge in [0.2, 0.25) is 17.6 Å². The summed E-state index contributed by atoms with van der Waals surface area (Å²) in [6, 6.07) is 39.8. The third-order valence-electron chi connectivity index (χ3n) is 26.9. The topological polar surface area (TPSA) is 409 Å². The minimum absolute atomic E-state index is 0.0394. The molecule has 24 rings (SSSR count). The summed E-state index contributed by atoms with van der Waals surface area (Å²) in [5.41, 5.74) is 7.42. The Bertz CT molecular complexity index is 6660. The number of hydrogen-bond donors (Lipinski definition) is 5. The molecule has 6 bridgehead atoms. The first-order valence-electron chi connectivity index (χ1n) is 44.9. The number of aromatic nitrogens is 12. The van der Waals surface area contributed by atoms with Gasteiger partial charge in [-0.2, -0.15) is 52.7 Å². The third-order valence-corrected chi connectivity index (χ3v) is 28.4. The van der Waals surface area contributed by atoms with Crippen LogP contribution in [0.25, 0.3) is 55.5 Å². The second-order valence-corrected chi connectivity index (χ2v) is 39.1. The van der Waals surface area contributed by atoms with Crippen molar-refractivity contribution in [2.45, 2.75) is 182 Å². The van der Waals surface area contributed by atoms with Crippen LogP contribution in [0.4, 0.5) is 30.6 Å². The minimum atomic E-state index is -5.58. The normalized spacial score (nSPS) is 22.2. The number of halogens is 4. The maximum absolute atomic E-state index is 12.0. The molecule has 10 fully saturated rings. The number of piperazine rings is 3. The quantitative estimate of drug-likeness (QED) is 0.0285. The van der Waals surface area contributed by atoms with Gasteiger partial charge in [0.25, 0.3) is 0 Å². The van der Waals surface area contributed by atoms with Gasteiger partial charge in [-0.1, -0.05) is 30.3 Å². The Morgan fingerprint density at radius 1 is 0.471 bits per heavy atom. The van der Waals surface area contributed by atoms with Crippen LogP contribution in [0.5, 0.6) is 17.6 Å². The first kappa shape index (κ1) is 94.9. The number of methoxy groups -OCH3 is 3. The molecule has 1 saturated carbocycles. The Balaban J connectivity index is 0.000000126. The van der Waals surface area contributed by atoms with E-state index in [0.717, 1.165) is 144 Å². The highest BCUT2D eigenvalue weighted by Crippen LogP contribution is 2.43. The van der Waals surface area contributed by atoms with Crippen molar-refractivity contribution >= 4 is 84.0 Å². The van der Waals surface area contributed by atoms with E-state index in [9.17, 15) is 67.5 Å². The molecule has 39 heteroatoms. The lowest BCUT2D eigenvalue weighted by Gasteiger charge is -2.56. The summed E-state index contributed by atoms with van der Waals surface area (Å²) < 4.78 is 82.5. The number of piperidine rings is 3. The van der Waals surface area contributed by atoms with Gasteiger partial charge in [0.1, 0.15) is 47.2 Å². The molecule has 21 heterocycles. The number of hydrogen-bond acceptors (Lipinski definition) is 30. The molecule has 9 aliphatic heterocycles.